The molecule has 0 aromatic carbocycles. The third-order valence-corrected chi connectivity index (χ3v) is 1.45. The van der Waals surface area contributed by atoms with Gasteiger partial charge in [-0.2, -0.15) is 0 Å². The first-order chi connectivity index (χ1) is 6.13. The highest BCUT2D eigenvalue weighted by Gasteiger charge is 1.93. The van der Waals surface area contributed by atoms with Gasteiger partial charge in [0.05, 0.1) is 0 Å². The number of carbonyl (C=O) groups is 2. The van der Waals surface area contributed by atoms with Gasteiger partial charge in [0.2, 0.25) is 11.8 Å². The van der Waals surface area contributed by atoms with Crippen LogP contribution in [0.5, 0.6) is 0 Å². The zero-order valence-corrected chi connectivity index (χ0v) is 8.22. The molecule has 0 saturated heterocycles. The standard InChI is InChI=1S/C9H17N2O2/c1-8(12)10-6-4-3-5-7-11-9(2)13/h6H,3-5,7H2,1-2H3,(H,10,12)(H,11,13). The van der Waals surface area contributed by atoms with Gasteiger partial charge in [0, 0.05) is 26.9 Å². The van der Waals surface area contributed by atoms with Crippen molar-refractivity contribution in [2.45, 2.75) is 33.1 Å². The lowest BCUT2D eigenvalue weighted by atomic mass is 10.2. The van der Waals surface area contributed by atoms with E-state index in [0.29, 0.717) is 6.54 Å². The molecule has 75 valence electrons. The maximum atomic E-state index is 10.4. The summed E-state index contributed by atoms with van der Waals surface area (Å²) < 4.78 is 0. The van der Waals surface area contributed by atoms with Crippen LogP contribution in [0, 0.1) is 6.54 Å². The van der Waals surface area contributed by atoms with Gasteiger partial charge in [-0.05, 0) is 19.3 Å². The van der Waals surface area contributed by atoms with E-state index in [4.69, 9.17) is 0 Å². The molecule has 0 saturated carbocycles. The van der Waals surface area contributed by atoms with Crippen molar-refractivity contribution in [2.24, 2.45) is 0 Å². The van der Waals surface area contributed by atoms with Crippen LogP contribution < -0.4 is 10.6 Å². The molecule has 1 radical (unpaired) electrons. The predicted octanol–water partition coefficient (Wildman–Crippen LogP) is 0.591. The summed E-state index contributed by atoms with van der Waals surface area (Å²) in [6.07, 6.45) is 2.76. The second-order valence-corrected chi connectivity index (χ2v) is 2.88. The lowest BCUT2D eigenvalue weighted by molar-refractivity contribution is -0.119. The Morgan fingerprint density at radius 2 is 1.85 bits per heavy atom. The summed E-state index contributed by atoms with van der Waals surface area (Å²) in [6.45, 7) is 5.44. The molecule has 4 nitrogen and oxygen atoms in total. The minimum atomic E-state index is -0.0399. The van der Waals surface area contributed by atoms with Crippen molar-refractivity contribution in [3.63, 3.8) is 0 Å². The predicted molar refractivity (Wildman–Crippen MR) is 50.7 cm³/mol. The molecular weight excluding hydrogens is 168 g/mol. The van der Waals surface area contributed by atoms with Crippen molar-refractivity contribution in [3.05, 3.63) is 6.54 Å². The second-order valence-electron chi connectivity index (χ2n) is 2.88. The number of nitrogens with one attached hydrogen (secondary N) is 2. The smallest absolute Gasteiger partial charge is 0.217 e. The average Bonchev–Trinajstić information content (AvgIpc) is 2.01. The number of carbonyl (C=O) groups excluding carboxylic acids is 2. The van der Waals surface area contributed by atoms with E-state index in [-0.39, 0.29) is 11.8 Å². The Hall–Kier alpha value is -1.06. The zero-order chi connectivity index (χ0) is 10.1. The van der Waals surface area contributed by atoms with Crippen molar-refractivity contribution in [1.29, 1.82) is 0 Å². The lowest BCUT2D eigenvalue weighted by Crippen LogP contribution is -2.21. The summed E-state index contributed by atoms with van der Waals surface area (Å²) in [4.78, 5) is 20.9. The fraction of sp³-hybridized carbons (Fsp3) is 0.667. The number of amides is 2. The highest BCUT2D eigenvalue weighted by molar-refractivity contribution is 5.73. The van der Waals surface area contributed by atoms with Gasteiger partial charge in [-0.25, -0.2) is 0 Å². The van der Waals surface area contributed by atoms with Crippen molar-refractivity contribution in [3.8, 4) is 0 Å². The molecule has 0 aliphatic rings. The topological polar surface area (TPSA) is 58.2 Å². The van der Waals surface area contributed by atoms with E-state index in [2.05, 4.69) is 10.6 Å². The fourth-order valence-electron chi connectivity index (χ4n) is 0.852. The van der Waals surface area contributed by atoms with E-state index in [1.165, 1.54) is 13.8 Å². The van der Waals surface area contributed by atoms with Gasteiger partial charge in [0.1, 0.15) is 0 Å². The Labute approximate surface area is 79.1 Å². The van der Waals surface area contributed by atoms with Crippen LogP contribution in [0.2, 0.25) is 0 Å². The molecular formula is C9H17N2O2. The summed E-state index contributed by atoms with van der Waals surface area (Å²) in [5, 5.41) is 5.30. The Kier molecular flexibility index (Phi) is 6.96. The molecule has 2 N–H and O–H groups in total. The van der Waals surface area contributed by atoms with Crippen molar-refractivity contribution >= 4 is 11.8 Å². The molecule has 0 spiro atoms. The molecule has 0 bridgehead atoms. The molecule has 0 unspecified atom stereocenters. The van der Waals surface area contributed by atoms with Gasteiger partial charge >= 0.3 is 0 Å². The van der Waals surface area contributed by atoms with Crippen LogP contribution in [0.15, 0.2) is 0 Å². The molecule has 0 fully saturated rings. The summed E-state index contributed by atoms with van der Waals surface area (Å²) in [5.41, 5.74) is 0. The maximum Gasteiger partial charge on any atom is 0.217 e. The van der Waals surface area contributed by atoms with Gasteiger partial charge in [-0.1, -0.05) is 0 Å². The molecule has 0 aliphatic heterocycles. The van der Waals surface area contributed by atoms with Crippen molar-refractivity contribution in [1.82, 2.24) is 10.6 Å². The van der Waals surface area contributed by atoms with Gasteiger partial charge in [-0.3, -0.25) is 9.59 Å². The second kappa shape index (κ2) is 7.58. The van der Waals surface area contributed by atoms with E-state index < -0.39 is 0 Å². The van der Waals surface area contributed by atoms with Crippen LogP contribution in [-0.4, -0.2) is 18.4 Å². The lowest BCUT2D eigenvalue weighted by Gasteiger charge is -2.02. The molecule has 0 heterocycles. The molecule has 2 amide bonds. The Balaban J connectivity index is 3.00. The highest BCUT2D eigenvalue weighted by atomic mass is 16.1. The first-order valence-electron chi connectivity index (χ1n) is 4.46. The largest absolute Gasteiger partial charge is 0.356 e. The van der Waals surface area contributed by atoms with Gasteiger partial charge in [0.25, 0.3) is 0 Å². The highest BCUT2D eigenvalue weighted by Crippen LogP contribution is 1.95. The van der Waals surface area contributed by atoms with E-state index >= 15 is 0 Å². The molecule has 0 aliphatic carbocycles. The maximum absolute atomic E-state index is 10.4. The first-order valence-corrected chi connectivity index (χ1v) is 4.46. The van der Waals surface area contributed by atoms with E-state index in [1.54, 1.807) is 6.54 Å². The summed E-state index contributed by atoms with van der Waals surface area (Å²) in [7, 11) is 0. The molecule has 0 aromatic heterocycles. The van der Waals surface area contributed by atoms with Gasteiger partial charge in [-0.15, -0.1) is 0 Å². The molecule has 0 rings (SSSR count). The van der Waals surface area contributed by atoms with Crippen molar-refractivity contribution in [2.75, 3.05) is 6.54 Å². The Morgan fingerprint density at radius 1 is 1.15 bits per heavy atom. The van der Waals surface area contributed by atoms with Crippen LogP contribution in [-0.2, 0) is 9.59 Å². The summed E-state index contributed by atoms with van der Waals surface area (Å²) >= 11 is 0. The van der Waals surface area contributed by atoms with E-state index in [1.807, 2.05) is 0 Å². The van der Waals surface area contributed by atoms with Gasteiger partial charge in [0.15, 0.2) is 0 Å². The van der Waals surface area contributed by atoms with Crippen LogP contribution in [0.3, 0.4) is 0 Å². The Bertz CT molecular complexity index is 151. The monoisotopic (exact) mass is 185 g/mol. The minimum absolute atomic E-state index is 0.00541. The summed E-state index contributed by atoms with van der Waals surface area (Å²) in [6, 6.07) is 0. The molecule has 4 heteroatoms. The minimum Gasteiger partial charge on any atom is -0.356 e. The SMILES string of the molecule is CC(=O)N[CH]CCCCNC(C)=O. The molecule has 0 aromatic rings. The van der Waals surface area contributed by atoms with Crippen LogP contribution in [0.4, 0.5) is 0 Å². The number of unbranched alkanes of at least 4 members (excludes halogenated alkanes) is 2. The van der Waals surface area contributed by atoms with E-state index in [0.717, 1.165) is 19.3 Å². The fourth-order valence-corrected chi connectivity index (χ4v) is 0.852. The van der Waals surface area contributed by atoms with Crippen molar-refractivity contribution < 1.29 is 9.59 Å². The average molecular weight is 185 g/mol. The molecule has 0 atom stereocenters. The zero-order valence-electron chi connectivity index (χ0n) is 8.22. The first kappa shape index (κ1) is 11.9. The third-order valence-electron chi connectivity index (χ3n) is 1.45. The Morgan fingerprint density at radius 3 is 2.38 bits per heavy atom. The van der Waals surface area contributed by atoms with E-state index in [9.17, 15) is 9.59 Å². The number of rotatable bonds is 6. The molecule has 13 heavy (non-hydrogen) atoms. The summed E-state index contributed by atoms with van der Waals surface area (Å²) in [5.74, 6) is -0.0345. The van der Waals surface area contributed by atoms with Crippen LogP contribution in [0.1, 0.15) is 33.1 Å². The quantitative estimate of drug-likeness (QED) is 0.595. The van der Waals surface area contributed by atoms with Crippen LogP contribution in [0.25, 0.3) is 0 Å². The third kappa shape index (κ3) is 10.9. The number of hydrogen-bond donors (Lipinski definition) is 2. The van der Waals surface area contributed by atoms with Gasteiger partial charge < -0.3 is 10.6 Å². The normalized spacial score (nSPS) is 9.38. The number of hydrogen-bond acceptors (Lipinski definition) is 2. The van der Waals surface area contributed by atoms with Crippen LogP contribution >= 0.6 is 0 Å².